The van der Waals surface area contributed by atoms with Crippen LogP contribution in [0, 0.1) is 11.8 Å². The highest BCUT2D eigenvalue weighted by Crippen LogP contribution is 2.50. The molecule has 1 saturated carbocycles. The topological polar surface area (TPSA) is 57.6 Å². The van der Waals surface area contributed by atoms with Crippen molar-refractivity contribution in [1.29, 1.82) is 0 Å². The molecule has 0 aromatic rings. The van der Waals surface area contributed by atoms with Gasteiger partial charge in [-0.05, 0) is 18.3 Å². The highest BCUT2D eigenvalue weighted by molar-refractivity contribution is 5.88. The van der Waals surface area contributed by atoms with E-state index in [1.807, 2.05) is 0 Å². The lowest BCUT2D eigenvalue weighted by Crippen LogP contribution is -2.48. The van der Waals surface area contributed by atoms with E-state index in [1.54, 1.807) is 0 Å². The first-order valence-corrected chi connectivity index (χ1v) is 4.43. The molecule has 1 amide bonds. The van der Waals surface area contributed by atoms with E-state index in [2.05, 4.69) is 0 Å². The second kappa shape index (κ2) is 2.86. The Hall–Kier alpha value is -1.27. The number of aliphatic carboxylic acids is 1. The molecule has 4 nitrogen and oxygen atoms in total. The third-order valence-corrected chi connectivity index (χ3v) is 2.91. The van der Waals surface area contributed by atoms with Crippen LogP contribution in [0.3, 0.4) is 0 Å². The number of hydrogen-bond donors (Lipinski definition) is 1. The summed E-state index contributed by atoms with van der Waals surface area (Å²) in [5.74, 6) is -3.73. The van der Waals surface area contributed by atoms with E-state index < -0.39 is 24.1 Å². The second-order valence-electron chi connectivity index (χ2n) is 3.90. The van der Waals surface area contributed by atoms with E-state index in [4.69, 9.17) is 5.11 Å². The standard InChI is InChI=1S/C8H8F3NO3/c9-8(10,11)7(15)12-2-3-1-4(3)5(12)6(13)14/h3-5H,1-2H2,(H,13,14)/t3-,4-,5-/m0/s1. The number of alkyl halides is 3. The number of rotatable bonds is 1. The molecule has 0 radical (unpaired) electrons. The van der Waals surface area contributed by atoms with Gasteiger partial charge in [-0.2, -0.15) is 13.2 Å². The van der Waals surface area contributed by atoms with Crippen LogP contribution in [0.5, 0.6) is 0 Å². The Kier molecular flexibility index (Phi) is 1.96. The summed E-state index contributed by atoms with van der Waals surface area (Å²) in [7, 11) is 0. The molecule has 2 rings (SSSR count). The Morgan fingerprint density at radius 3 is 2.40 bits per heavy atom. The van der Waals surface area contributed by atoms with Gasteiger partial charge < -0.3 is 10.0 Å². The lowest BCUT2D eigenvalue weighted by molar-refractivity contribution is -0.188. The number of carbonyl (C=O) groups is 2. The van der Waals surface area contributed by atoms with Crippen molar-refractivity contribution in [3.8, 4) is 0 Å². The van der Waals surface area contributed by atoms with E-state index in [1.165, 1.54) is 0 Å². The third kappa shape index (κ3) is 1.55. The Bertz CT molecular complexity index is 328. The van der Waals surface area contributed by atoms with Crippen LogP contribution < -0.4 is 0 Å². The van der Waals surface area contributed by atoms with Gasteiger partial charge in [0.15, 0.2) is 0 Å². The molecule has 3 atom stereocenters. The fraction of sp³-hybridized carbons (Fsp3) is 0.750. The highest BCUT2D eigenvalue weighted by atomic mass is 19.4. The third-order valence-electron chi connectivity index (χ3n) is 2.91. The molecular weight excluding hydrogens is 215 g/mol. The summed E-state index contributed by atoms with van der Waals surface area (Å²) in [6.45, 7) is -0.0834. The summed E-state index contributed by atoms with van der Waals surface area (Å²) in [4.78, 5) is 22.0. The van der Waals surface area contributed by atoms with E-state index in [9.17, 15) is 22.8 Å². The highest BCUT2D eigenvalue weighted by Gasteiger charge is 2.60. The summed E-state index contributed by atoms with van der Waals surface area (Å²) in [5, 5.41) is 8.73. The molecule has 84 valence electrons. The zero-order valence-electron chi connectivity index (χ0n) is 7.49. The van der Waals surface area contributed by atoms with Crippen LogP contribution in [-0.2, 0) is 9.59 Å². The quantitative estimate of drug-likeness (QED) is 0.703. The molecule has 7 heteroatoms. The van der Waals surface area contributed by atoms with Crippen LogP contribution in [0.4, 0.5) is 13.2 Å². The summed E-state index contributed by atoms with van der Waals surface area (Å²) >= 11 is 0. The SMILES string of the molecule is O=C(O)[C@@H]1[C@H]2C[C@H]2CN1C(=O)C(F)(F)F. The molecule has 0 spiro atoms. The number of carboxylic acids is 1. The van der Waals surface area contributed by atoms with E-state index >= 15 is 0 Å². The average Bonchev–Trinajstić information content (AvgIpc) is 2.73. The molecule has 1 aliphatic carbocycles. The van der Waals surface area contributed by atoms with Crippen LogP contribution in [0.15, 0.2) is 0 Å². The molecule has 15 heavy (non-hydrogen) atoms. The maximum absolute atomic E-state index is 12.1. The Morgan fingerprint density at radius 1 is 1.33 bits per heavy atom. The van der Waals surface area contributed by atoms with E-state index in [-0.39, 0.29) is 18.4 Å². The molecule has 0 aromatic heterocycles. The van der Waals surface area contributed by atoms with Crippen LogP contribution in [0.1, 0.15) is 6.42 Å². The summed E-state index contributed by atoms with van der Waals surface area (Å²) < 4.78 is 36.3. The van der Waals surface area contributed by atoms with Gasteiger partial charge in [-0.1, -0.05) is 0 Å². The minimum atomic E-state index is -4.98. The monoisotopic (exact) mass is 223 g/mol. The summed E-state index contributed by atoms with van der Waals surface area (Å²) in [5.41, 5.74) is 0. The van der Waals surface area contributed by atoms with Gasteiger partial charge in [-0.25, -0.2) is 4.79 Å². The predicted molar refractivity (Wildman–Crippen MR) is 40.8 cm³/mol. The molecule has 0 aromatic carbocycles. The van der Waals surface area contributed by atoms with Crippen LogP contribution in [-0.4, -0.2) is 40.6 Å². The van der Waals surface area contributed by atoms with Gasteiger partial charge in [0.1, 0.15) is 6.04 Å². The molecule has 0 unspecified atom stereocenters. The smallest absolute Gasteiger partial charge is 0.471 e. The predicted octanol–water partition coefficient (Wildman–Crippen LogP) is 0.480. The molecule has 0 bridgehead atoms. The zero-order chi connectivity index (χ0) is 11.4. The Labute approximate surface area is 82.7 Å². The number of amides is 1. The summed E-state index contributed by atoms with van der Waals surface area (Å²) in [6.07, 6.45) is -4.37. The van der Waals surface area contributed by atoms with Gasteiger partial charge in [-0.3, -0.25) is 4.79 Å². The van der Waals surface area contributed by atoms with E-state index in [0.717, 1.165) is 0 Å². The van der Waals surface area contributed by atoms with Crippen molar-refractivity contribution in [2.75, 3.05) is 6.54 Å². The van der Waals surface area contributed by atoms with Gasteiger partial charge in [-0.15, -0.1) is 0 Å². The van der Waals surface area contributed by atoms with Crippen LogP contribution >= 0.6 is 0 Å². The second-order valence-corrected chi connectivity index (χ2v) is 3.90. The fourth-order valence-electron chi connectivity index (χ4n) is 2.15. The molecule has 1 heterocycles. The molecule has 2 aliphatic rings. The number of hydrogen-bond acceptors (Lipinski definition) is 2. The first-order chi connectivity index (χ1) is 6.82. The first kappa shape index (κ1) is 10.3. The maximum Gasteiger partial charge on any atom is 0.471 e. The molecule has 1 N–H and O–H groups in total. The minimum Gasteiger partial charge on any atom is -0.480 e. The van der Waals surface area contributed by atoms with E-state index in [0.29, 0.717) is 11.3 Å². The lowest BCUT2D eigenvalue weighted by atomic mass is 10.2. The fourth-order valence-corrected chi connectivity index (χ4v) is 2.15. The normalized spacial score (nSPS) is 33.8. The number of halogens is 3. The van der Waals surface area contributed by atoms with Crippen molar-refractivity contribution in [2.24, 2.45) is 11.8 Å². The largest absolute Gasteiger partial charge is 0.480 e. The number of carbonyl (C=O) groups excluding carboxylic acids is 1. The maximum atomic E-state index is 12.1. The minimum absolute atomic E-state index is 0.0580. The van der Waals surface area contributed by atoms with Gasteiger partial charge in [0, 0.05) is 6.54 Å². The zero-order valence-corrected chi connectivity index (χ0v) is 7.49. The lowest BCUT2D eigenvalue weighted by Gasteiger charge is -2.24. The van der Waals surface area contributed by atoms with Crippen LogP contribution in [0.2, 0.25) is 0 Å². The van der Waals surface area contributed by atoms with Gasteiger partial charge in [0.2, 0.25) is 0 Å². The Balaban J connectivity index is 2.16. The average molecular weight is 223 g/mol. The molecule has 1 aliphatic heterocycles. The molecule has 2 fully saturated rings. The van der Waals surface area contributed by atoms with Crippen molar-refractivity contribution in [3.63, 3.8) is 0 Å². The number of nitrogens with zero attached hydrogens (tertiary/aromatic N) is 1. The van der Waals surface area contributed by atoms with Gasteiger partial charge >= 0.3 is 18.1 Å². The Morgan fingerprint density at radius 2 is 1.93 bits per heavy atom. The van der Waals surface area contributed by atoms with Gasteiger partial charge in [0.25, 0.3) is 0 Å². The number of likely N-dealkylation sites (tertiary alicyclic amines) is 1. The van der Waals surface area contributed by atoms with Crippen molar-refractivity contribution < 1.29 is 27.9 Å². The number of piperidine rings is 1. The number of fused-ring (bicyclic) bond motifs is 1. The first-order valence-electron chi connectivity index (χ1n) is 4.43. The van der Waals surface area contributed by atoms with Crippen molar-refractivity contribution in [3.05, 3.63) is 0 Å². The molecular formula is C8H8F3NO3. The van der Waals surface area contributed by atoms with Crippen molar-refractivity contribution in [1.82, 2.24) is 4.90 Å². The van der Waals surface area contributed by atoms with Gasteiger partial charge in [0.05, 0.1) is 0 Å². The van der Waals surface area contributed by atoms with Crippen molar-refractivity contribution >= 4 is 11.9 Å². The number of carboxylic acid groups (broad SMARTS) is 1. The molecule has 1 saturated heterocycles. The summed E-state index contributed by atoms with van der Waals surface area (Å²) in [6, 6.07) is -1.29. The van der Waals surface area contributed by atoms with Crippen LogP contribution in [0.25, 0.3) is 0 Å². The van der Waals surface area contributed by atoms with Crippen molar-refractivity contribution in [2.45, 2.75) is 18.6 Å².